The second-order valence-corrected chi connectivity index (χ2v) is 7.54. The first-order chi connectivity index (χ1) is 14.5. The number of amides is 2. The van der Waals surface area contributed by atoms with Crippen molar-refractivity contribution in [3.05, 3.63) is 71.7 Å². The standard InChI is InChI=1S/C23H23N5O2.ClH/c1-27-13-18-9-16(10-25-23(18)26-21(29)15-27)7-8-22(30)28(2)14-19-12-24-11-17-5-3-4-6-20(17)19;/h3-12H,13-15H2,1-2H3,(H,25,26,29);1H/b8-7+;. The lowest BCUT2D eigenvalue weighted by molar-refractivity contribution is -0.125. The van der Waals surface area contributed by atoms with E-state index in [9.17, 15) is 9.59 Å². The van der Waals surface area contributed by atoms with Crippen molar-refractivity contribution in [1.82, 2.24) is 19.8 Å². The summed E-state index contributed by atoms with van der Waals surface area (Å²) in [5.41, 5.74) is 2.74. The van der Waals surface area contributed by atoms with Crippen LogP contribution in [0.5, 0.6) is 0 Å². The fraction of sp³-hybridized carbons (Fsp3) is 0.217. The Balaban J connectivity index is 0.00000272. The molecule has 31 heavy (non-hydrogen) atoms. The van der Waals surface area contributed by atoms with Gasteiger partial charge < -0.3 is 10.2 Å². The van der Waals surface area contributed by atoms with Crippen molar-refractivity contribution in [2.24, 2.45) is 0 Å². The fourth-order valence-corrected chi connectivity index (χ4v) is 3.55. The number of aromatic nitrogens is 2. The zero-order chi connectivity index (χ0) is 21.1. The summed E-state index contributed by atoms with van der Waals surface area (Å²) in [5, 5.41) is 4.96. The molecule has 0 saturated heterocycles. The number of pyridine rings is 2. The van der Waals surface area contributed by atoms with E-state index in [0.29, 0.717) is 25.5 Å². The predicted octanol–water partition coefficient (Wildman–Crippen LogP) is 3.11. The first kappa shape index (κ1) is 22.4. The molecule has 7 nitrogen and oxygen atoms in total. The maximum Gasteiger partial charge on any atom is 0.246 e. The molecule has 0 unspecified atom stereocenters. The van der Waals surface area contributed by atoms with Crippen LogP contribution in [0, 0.1) is 0 Å². The van der Waals surface area contributed by atoms with E-state index in [4.69, 9.17) is 0 Å². The molecule has 1 aliphatic heterocycles. The number of carbonyl (C=O) groups excluding carboxylic acids is 2. The molecule has 0 aliphatic carbocycles. The third-order valence-corrected chi connectivity index (χ3v) is 5.05. The number of fused-ring (bicyclic) bond motifs is 2. The summed E-state index contributed by atoms with van der Waals surface area (Å²) >= 11 is 0. The smallest absolute Gasteiger partial charge is 0.246 e. The highest BCUT2D eigenvalue weighted by atomic mass is 35.5. The summed E-state index contributed by atoms with van der Waals surface area (Å²) in [6.45, 7) is 1.41. The van der Waals surface area contributed by atoms with Crippen LogP contribution in [0.25, 0.3) is 16.8 Å². The van der Waals surface area contributed by atoms with Crippen molar-refractivity contribution in [1.29, 1.82) is 0 Å². The van der Waals surface area contributed by atoms with Crippen LogP contribution in [0.4, 0.5) is 5.82 Å². The van der Waals surface area contributed by atoms with Crippen LogP contribution >= 0.6 is 12.4 Å². The largest absolute Gasteiger partial charge is 0.338 e. The Morgan fingerprint density at radius 2 is 2.03 bits per heavy atom. The molecule has 1 aliphatic rings. The molecular formula is C23H24ClN5O2. The summed E-state index contributed by atoms with van der Waals surface area (Å²) in [6, 6.07) is 9.96. The van der Waals surface area contributed by atoms with Crippen molar-refractivity contribution < 1.29 is 9.59 Å². The van der Waals surface area contributed by atoms with Crippen LogP contribution in [0.15, 0.2) is 55.0 Å². The molecule has 0 radical (unpaired) electrons. The van der Waals surface area contributed by atoms with Crippen molar-refractivity contribution in [2.45, 2.75) is 13.1 Å². The lowest BCUT2D eigenvalue weighted by Crippen LogP contribution is -2.26. The lowest BCUT2D eigenvalue weighted by atomic mass is 10.1. The topological polar surface area (TPSA) is 78.4 Å². The molecule has 3 heterocycles. The van der Waals surface area contributed by atoms with Gasteiger partial charge in [0.05, 0.1) is 6.54 Å². The predicted molar refractivity (Wildman–Crippen MR) is 124 cm³/mol. The second-order valence-electron chi connectivity index (χ2n) is 7.54. The summed E-state index contributed by atoms with van der Waals surface area (Å²) < 4.78 is 0. The molecule has 0 fully saturated rings. The van der Waals surface area contributed by atoms with Gasteiger partial charge in [0.1, 0.15) is 5.82 Å². The summed E-state index contributed by atoms with van der Waals surface area (Å²) in [5.74, 6) is 0.392. The molecule has 2 amide bonds. The Morgan fingerprint density at radius 1 is 1.23 bits per heavy atom. The minimum Gasteiger partial charge on any atom is -0.338 e. The molecule has 0 saturated carbocycles. The third kappa shape index (κ3) is 5.25. The minimum absolute atomic E-state index is 0. The Kier molecular flexibility index (Phi) is 6.99. The number of hydrogen-bond acceptors (Lipinski definition) is 5. The summed E-state index contributed by atoms with van der Waals surface area (Å²) in [7, 11) is 3.66. The van der Waals surface area contributed by atoms with E-state index in [1.807, 2.05) is 48.5 Å². The number of benzene rings is 1. The maximum absolute atomic E-state index is 12.6. The Bertz CT molecular complexity index is 1140. The normalized spacial score (nSPS) is 13.9. The van der Waals surface area contributed by atoms with E-state index in [1.165, 1.54) is 0 Å². The van der Waals surface area contributed by atoms with E-state index in [1.54, 1.807) is 36.5 Å². The molecule has 3 aromatic rings. The van der Waals surface area contributed by atoms with Gasteiger partial charge >= 0.3 is 0 Å². The highest BCUT2D eigenvalue weighted by Gasteiger charge is 2.17. The van der Waals surface area contributed by atoms with Gasteiger partial charge in [-0.15, -0.1) is 12.4 Å². The van der Waals surface area contributed by atoms with E-state index in [-0.39, 0.29) is 24.2 Å². The van der Waals surface area contributed by atoms with Gasteiger partial charge in [0.15, 0.2) is 0 Å². The van der Waals surface area contributed by atoms with Crippen molar-refractivity contribution in [3.63, 3.8) is 0 Å². The van der Waals surface area contributed by atoms with Crippen LogP contribution in [-0.4, -0.2) is 52.2 Å². The van der Waals surface area contributed by atoms with Crippen LogP contribution in [0.3, 0.4) is 0 Å². The van der Waals surface area contributed by atoms with Gasteiger partial charge in [-0.25, -0.2) is 4.98 Å². The van der Waals surface area contributed by atoms with Crippen LogP contribution in [0.2, 0.25) is 0 Å². The quantitative estimate of drug-likeness (QED) is 0.634. The van der Waals surface area contributed by atoms with Gasteiger partial charge in [0.25, 0.3) is 0 Å². The molecule has 8 heteroatoms. The van der Waals surface area contributed by atoms with Gasteiger partial charge in [-0.3, -0.25) is 19.5 Å². The van der Waals surface area contributed by atoms with E-state index >= 15 is 0 Å². The van der Waals surface area contributed by atoms with E-state index in [0.717, 1.165) is 27.5 Å². The summed E-state index contributed by atoms with van der Waals surface area (Å²) in [6.07, 6.45) is 8.58. The number of halogens is 1. The van der Waals surface area contributed by atoms with Crippen LogP contribution in [-0.2, 0) is 22.7 Å². The highest BCUT2D eigenvalue weighted by Crippen LogP contribution is 2.20. The number of likely N-dealkylation sites (N-methyl/N-ethyl adjacent to an activating group) is 2. The molecular weight excluding hydrogens is 414 g/mol. The first-order valence-electron chi connectivity index (χ1n) is 9.72. The van der Waals surface area contributed by atoms with E-state index in [2.05, 4.69) is 15.3 Å². The van der Waals surface area contributed by atoms with E-state index < -0.39 is 0 Å². The third-order valence-electron chi connectivity index (χ3n) is 5.05. The number of rotatable bonds is 4. The molecule has 1 aromatic carbocycles. The number of carbonyl (C=O) groups is 2. The summed E-state index contributed by atoms with van der Waals surface area (Å²) in [4.78, 5) is 36.6. The average molecular weight is 438 g/mol. The fourth-order valence-electron chi connectivity index (χ4n) is 3.55. The molecule has 2 aromatic heterocycles. The number of anilines is 1. The van der Waals surface area contributed by atoms with Crippen molar-refractivity contribution in [3.8, 4) is 0 Å². The van der Waals surface area contributed by atoms with Gasteiger partial charge in [0, 0.05) is 55.8 Å². The SMILES string of the molecule is CN1CC(=O)Nc2ncc(/C=C/C(=O)N(C)Cc3cncc4ccccc34)cc2C1.Cl. The Labute approximate surface area is 187 Å². The van der Waals surface area contributed by atoms with Crippen molar-refractivity contribution in [2.75, 3.05) is 26.0 Å². The van der Waals surface area contributed by atoms with Gasteiger partial charge in [-0.2, -0.15) is 0 Å². The molecule has 0 bridgehead atoms. The zero-order valence-corrected chi connectivity index (χ0v) is 18.2. The molecule has 0 atom stereocenters. The molecule has 0 spiro atoms. The Hall–Kier alpha value is -3.29. The Morgan fingerprint density at radius 3 is 2.87 bits per heavy atom. The van der Waals surface area contributed by atoms with Crippen molar-refractivity contribution >= 4 is 46.9 Å². The first-order valence-corrected chi connectivity index (χ1v) is 9.72. The minimum atomic E-state index is -0.108. The molecule has 160 valence electrons. The lowest BCUT2D eigenvalue weighted by Gasteiger charge is -2.16. The van der Waals surface area contributed by atoms with Gasteiger partial charge in [-0.05, 0) is 35.7 Å². The van der Waals surface area contributed by atoms with Gasteiger partial charge in [0.2, 0.25) is 11.8 Å². The van der Waals surface area contributed by atoms with Crippen LogP contribution in [0.1, 0.15) is 16.7 Å². The molecule has 4 rings (SSSR count). The van der Waals surface area contributed by atoms with Gasteiger partial charge in [-0.1, -0.05) is 24.3 Å². The average Bonchev–Trinajstić information content (AvgIpc) is 2.88. The number of nitrogens with one attached hydrogen (secondary N) is 1. The monoisotopic (exact) mass is 437 g/mol. The zero-order valence-electron chi connectivity index (χ0n) is 17.4. The maximum atomic E-state index is 12.6. The number of nitrogens with zero attached hydrogens (tertiary/aromatic N) is 4. The van der Waals surface area contributed by atoms with Crippen LogP contribution < -0.4 is 5.32 Å². The molecule has 1 N–H and O–H groups in total. The second kappa shape index (κ2) is 9.68. The highest BCUT2D eigenvalue weighted by molar-refractivity contribution is 5.94. The number of hydrogen-bond donors (Lipinski definition) is 1.